The molecule has 542 valence electrons. The second kappa shape index (κ2) is 27.5. The number of benzene rings is 18. The Morgan fingerprint density at radius 2 is 0.487 bits per heavy atom. The third-order valence-electron chi connectivity index (χ3n) is 25.4. The summed E-state index contributed by atoms with van der Waals surface area (Å²) < 4.78 is 0. The summed E-state index contributed by atoms with van der Waals surface area (Å²) in [7, 11) is 11.0. The number of fused-ring (bicyclic) bond motifs is 27. The minimum absolute atomic E-state index is 0.998. The molecule has 25 rings (SSSR count). The molecule has 18 aromatic carbocycles. The molecule has 0 fully saturated rings. The quantitative estimate of drug-likeness (QED) is 0.150. The van der Waals surface area contributed by atoms with Gasteiger partial charge in [-0.15, -0.1) is 0 Å². The van der Waals surface area contributed by atoms with E-state index in [0.717, 1.165) is 44.9 Å². The zero-order valence-corrected chi connectivity index (χ0v) is 64.5. The summed E-state index contributed by atoms with van der Waals surface area (Å²) in [4.78, 5) is 11.8. The van der Waals surface area contributed by atoms with Crippen LogP contribution in [-0.4, -0.2) is 35.2 Å². The highest BCUT2D eigenvalue weighted by Crippen LogP contribution is 2.52. The largest absolute Gasteiger partial charge is 0.344 e. The molecule has 5 heterocycles. The molecule has 5 aliphatic heterocycles. The number of anilines is 10. The molecule has 0 atom stereocenters. The van der Waals surface area contributed by atoms with Crippen LogP contribution in [0.4, 0.5) is 56.9 Å². The Hall–Kier alpha value is -13.5. The predicted octanol–water partition coefficient (Wildman–Crippen LogP) is 26.9. The topological polar surface area (TPSA) is 16.2 Å². The van der Waals surface area contributed by atoms with Gasteiger partial charge in [0.1, 0.15) is 0 Å². The number of hydrogen-bond acceptors (Lipinski definition) is 5. The minimum atomic E-state index is 0.998. The first kappa shape index (κ1) is 67.6. The van der Waals surface area contributed by atoms with Crippen molar-refractivity contribution >= 4 is 122 Å². The van der Waals surface area contributed by atoms with Crippen LogP contribution >= 0.6 is 0 Å². The fourth-order valence-electron chi connectivity index (χ4n) is 19.8. The summed E-state index contributed by atoms with van der Waals surface area (Å²) in [6.07, 6.45) is 7.20. The first-order chi connectivity index (χ1) is 55.6. The molecule has 7 aliphatic rings. The molecule has 113 heavy (non-hydrogen) atoms. The summed E-state index contributed by atoms with van der Waals surface area (Å²) in [6.45, 7) is 0. The summed E-state index contributed by atoms with van der Waals surface area (Å²) in [5.41, 5.74) is 39.3. The van der Waals surface area contributed by atoms with Crippen LogP contribution in [0.5, 0.6) is 0 Å². The van der Waals surface area contributed by atoms with E-state index in [4.69, 9.17) is 0 Å². The molecule has 0 unspecified atom stereocenters. The molecular formula is C108H85N5. The van der Waals surface area contributed by atoms with E-state index < -0.39 is 0 Å². The third kappa shape index (κ3) is 11.6. The minimum Gasteiger partial charge on any atom is -0.344 e. The molecule has 0 saturated carbocycles. The monoisotopic (exact) mass is 1450 g/mol. The van der Waals surface area contributed by atoms with Gasteiger partial charge in [-0.25, -0.2) is 0 Å². The number of nitrogens with zero attached hydrogens (tertiary/aromatic N) is 5. The Morgan fingerprint density at radius 3 is 0.982 bits per heavy atom. The summed E-state index contributed by atoms with van der Waals surface area (Å²) >= 11 is 0. The fraction of sp³-hybridized carbons (Fsp3) is 0.111. The Morgan fingerprint density at radius 1 is 0.168 bits per heavy atom. The normalized spacial score (nSPS) is 13.5. The van der Waals surface area contributed by atoms with Crippen LogP contribution in [0.1, 0.15) is 77.9 Å². The highest BCUT2D eigenvalue weighted by atomic mass is 15.1. The zero-order valence-electron chi connectivity index (χ0n) is 64.5. The Labute approximate surface area is 661 Å². The van der Waals surface area contributed by atoms with Gasteiger partial charge in [-0.3, -0.25) is 0 Å². The van der Waals surface area contributed by atoms with E-state index in [2.05, 4.69) is 399 Å². The first-order valence-corrected chi connectivity index (χ1v) is 40.0. The van der Waals surface area contributed by atoms with Gasteiger partial charge in [-0.2, -0.15) is 0 Å². The van der Waals surface area contributed by atoms with Crippen molar-refractivity contribution < 1.29 is 0 Å². The van der Waals surface area contributed by atoms with Crippen LogP contribution in [0.3, 0.4) is 0 Å². The maximum absolute atomic E-state index is 2.39. The summed E-state index contributed by atoms with van der Waals surface area (Å²) in [5, 5.41) is 16.0. The molecule has 0 amide bonds. The fourth-order valence-corrected chi connectivity index (χ4v) is 19.8. The van der Waals surface area contributed by atoms with Crippen LogP contribution < -0.4 is 24.5 Å². The van der Waals surface area contributed by atoms with Crippen LogP contribution in [0.2, 0.25) is 0 Å². The van der Waals surface area contributed by atoms with E-state index in [9.17, 15) is 0 Å². The average molecular weight is 1450 g/mol. The smallest absolute Gasteiger partial charge is 0.0526 e. The van der Waals surface area contributed by atoms with Crippen molar-refractivity contribution in [1.82, 2.24) is 0 Å². The van der Waals surface area contributed by atoms with Crippen molar-refractivity contribution in [1.29, 1.82) is 0 Å². The molecule has 0 bridgehead atoms. The van der Waals surface area contributed by atoms with Gasteiger partial charge < -0.3 is 24.5 Å². The van der Waals surface area contributed by atoms with Gasteiger partial charge in [0, 0.05) is 131 Å². The number of rotatable bonds is 0. The van der Waals surface area contributed by atoms with Crippen LogP contribution in [0, 0.1) is 0 Å². The lowest BCUT2D eigenvalue weighted by Gasteiger charge is -2.32. The average Bonchev–Trinajstić information content (AvgIpc) is 1.70. The zero-order chi connectivity index (χ0) is 75.5. The van der Waals surface area contributed by atoms with E-state index in [1.807, 2.05) is 0 Å². The van der Waals surface area contributed by atoms with Crippen molar-refractivity contribution in [3.05, 3.63) is 418 Å². The lowest BCUT2D eigenvalue weighted by Crippen LogP contribution is -2.20. The third-order valence-corrected chi connectivity index (χ3v) is 25.4. The Balaban J connectivity index is 0.0000000890. The maximum Gasteiger partial charge on any atom is 0.0526 e. The highest BCUT2D eigenvalue weighted by Gasteiger charge is 2.32. The van der Waals surface area contributed by atoms with Gasteiger partial charge in [0.05, 0.1) is 5.69 Å². The Kier molecular flexibility index (Phi) is 16.5. The van der Waals surface area contributed by atoms with Crippen molar-refractivity contribution in [2.75, 3.05) is 59.7 Å². The van der Waals surface area contributed by atoms with Crippen LogP contribution in [0.25, 0.3) is 86.9 Å². The Bertz CT molecular complexity index is 6680. The lowest BCUT2D eigenvalue weighted by atomic mass is 9.89. The van der Waals surface area contributed by atoms with E-state index in [0.29, 0.717) is 0 Å². The van der Waals surface area contributed by atoms with Crippen LogP contribution in [-0.2, 0) is 44.9 Å². The van der Waals surface area contributed by atoms with Gasteiger partial charge in [0.2, 0.25) is 0 Å². The second-order valence-corrected chi connectivity index (χ2v) is 31.6. The van der Waals surface area contributed by atoms with Gasteiger partial charge >= 0.3 is 0 Å². The molecule has 5 nitrogen and oxygen atoms in total. The maximum atomic E-state index is 2.39. The first-order valence-electron chi connectivity index (χ1n) is 40.0. The van der Waals surface area contributed by atoms with E-state index in [-0.39, 0.29) is 0 Å². The highest BCUT2D eigenvalue weighted by molar-refractivity contribution is 6.02. The van der Waals surface area contributed by atoms with Crippen molar-refractivity contribution in [3.8, 4) is 22.3 Å². The summed E-state index contributed by atoms with van der Waals surface area (Å²) in [5.74, 6) is 0. The van der Waals surface area contributed by atoms with Crippen molar-refractivity contribution in [2.45, 2.75) is 44.9 Å². The molecule has 0 radical (unpaired) electrons. The SMILES string of the molecule is CN1c2cc3ccccc3cc2Cc2c1ccc1ccccc21.CN1c2cc3ccccc3cc2Cc2cc3ccccc3cc21.CN1c2ccc3ccccc3c2Cc2c1ccc1ccccc21.CN1c2ccccc2Cc2ccc3c(c21)-c1ccccc1C3.CN1c2ccccc2Cc2ccc3c(c21)Cc1ccccc1-3. The molecule has 0 aromatic heterocycles. The van der Waals surface area contributed by atoms with E-state index in [1.165, 1.54) is 222 Å². The summed E-state index contributed by atoms with van der Waals surface area (Å²) in [6, 6.07) is 124. The van der Waals surface area contributed by atoms with Gasteiger partial charge in [-0.05, 0) is 232 Å². The molecular weight excluding hydrogens is 1370 g/mol. The molecule has 5 heteroatoms. The van der Waals surface area contributed by atoms with E-state index in [1.54, 1.807) is 0 Å². The predicted molar refractivity (Wildman–Crippen MR) is 480 cm³/mol. The van der Waals surface area contributed by atoms with E-state index >= 15 is 0 Å². The van der Waals surface area contributed by atoms with Crippen LogP contribution in [0.15, 0.2) is 340 Å². The molecule has 18 aromatic rings. The van der Waals surface area contributed by atoms with Gasteiger partial charge in [0.15, 0.2) is 0 Å². The molecule has 0 saturated heterocycles. The second-order valence-electron chi connectivity index (χ2n) is 31.6. The number of para-hydroxylation sites is 2. The molecule has 0 N–H and O–H groups in total. The van der Waals surface area contributed by atoms with Crippen molar-refractivity contribution in [3.63, 3.8) is 0 Å². The standard InChI is InChI=1S/3C22H17N.2C21H17N/c1-23-21-13-17-8-4-2-6-15(17)10-19(21)12-20-11-16-7-3-5-9-18(16)14-22(20)23;1-23-21-12-10-15-6-2-4-8-17(15)19(21)14-20-18-9-5-3-7-16(18)11-13-22(20)23;1-23-21-11-10-15-6-4-5-9-19(15)20(21)13-18-12-16-7-2-3-8-17(16)14-22(18)23;1-22-20-9-5-3-7-15(20)12-16-10-11-18-17-8-4-2-6-14(17)13-19(18)21(16)22;1-22-19-9-5-3-7-15(19)13-17-11-10-16-12-14-6-2-4-8-18(14)20(16)21(17)22/h2-11,13-14H,12H2,1H3;2-13H,14H2,1H3;2-12,14H,13H2,1H3;2*2-11H,12-13H2,1H3. The van der Waals surface area contributed by atoms with Gasteiger partial charge in [0.25, 0.3) is 0 Å². The molecule has 0 spiro atoms. The molecule has 2 aliphatic carbocycles. The van der Waals surface area contributed by atoms with Gasteiger partial charge in [-0.1, -0.05) is 273 Å². The lowest BCUT2D eigenvalue weighted by molar-refractivity contribution is 1.03. The number of hydrogen-bond donors (Lipinski definition) is 0. The van der Waals surface area contributed by atoms with Crippen molar-refractivity contribution in [2.24, 2.45) is 0 Å².